The lowest BCUT2D eigenvalue weighted by Gasteiger charge is -2.34. The van der Waals surface area contributed by atoms with Gasteiger partial charge < -0.3 is 19.3 Å². The van der Waals surface area contributed by atoms with Crippen LogP contribution in [0.25, 0.3) is 16.5 Å². The third-order valence-electron chi connectivity index (χ3n) is 6.54. The number of para-hydroxylation sites is 1. The number of amides is 2. The molecule has 1 saturated heterocycles. The molecule has 0 unspecified atom stereocenters. The van der Waals surface area contributed by atoms with Crippen LogP contribution in [0.5, 0.6) is 0 Å². The van der Waals surface area contributed by atoms with Gasteiger partial charge in [0.15, 0.2) is 0 Å². The molecule has 0 radical (unpaired) electrons. The number of fused-ring (bicyclic) bond motifs is 1. The van der Waals surface area contributed by atoms with Crippen molar-refractivity contribution in [2.45, 2.75) is 36.7 Å². The third-order valence-corrected chi connectivity index (χ3v) is 8.09. The molecule has 0 bridgehead atoms. The zero-order chi connectivity index (χ0) is 26.0. The van der Waals surface area contributed by atoms with E-state index < -0.39 is 0 Å². The van der Waals surface area contributed by atoms with Gasteiger partial charge >= 0.3 is 0 Å². The molecule has 1 fully saturated rings. The van der Waals surface area contributed by atoms with E-state index in [1.807, 2.05) is 18.2 Å². The van der Waals surface area contributed by atoms with Crippen molar-refractivity contribution in [1.82, 2.24) is 19.3 Å². The lowest BCUT2D eigenvalue weighted by molar-refractivity contribution is -0.135. The minimum absolute atomic E-state index is 0.0385. The number of hydrogen-bond acceptors (Lipinski definition) is 4. The highest BCUT2D eigenvalue weighted by molar-refractivity contribution is 7.99. The molecule has 2 aromatic carbocycles. The Hall–Kier alpha value is -2.74. The molecule has 1 aromatic heterocycles. The Labute approximate surface area is 222 Å². The first-order chi connectivity index (χ1) is 17.2. The second-order valence-electron chi connectivity index (χ2n) is 9.35. The lowest BCUT2D eigenvalue weighted by atomic mass is 10.1. The predicted octanol–water partition coefficient (Wildman–Crippen LogP) is 5.23. The normalized spacial score (nSPS) is 14.1. The van der Waals surface area contributed by atoms with E-state index in [9.17, 15) is 9.59 Å². The number of aryl methyl sites for hydroxylation is 1. The van der Waals surface area contributed by atoms with E-state index in [0.29, 0.717) is 42.3 Å². The fourth-order valence-corrected chi connectivity index (χ4v) is 5.92. The number of carbonyl (C=O) groups is 2. The Balaban J connectivity index is 1.54. The Kier molecular flexibility index (Phi) is 8.13. The van der Waals surface area contributed by atoms with Gasteiger partial charge in [0.05, 0.1) is 10.5 Å². The highest BCUT2D eigenvalue weighted by Crippen LogP contribution is 2.39. The number of benzene rings is 2. The molecule has 190 valence electrons. The van der Waals surface area contributed by atoms with Gasteiger partial charge in [0.25, 0.3) is 5.91 Å². The van der Waals surface area contributed by atoms with Gasteiger partial charge in [-0.3, -0.25) is 9.59 Å². The van der Waals surface area contributed by atoms with Crippen LogP contribution in [0.1, 0.15) is 25.0 Å². The summed E-state index contributed by atoms with van der Waals surface area (Å²) in [6, 6.07) is 12.1. The molecular formula is C28H33ClN4O2S. The maximum atomic E-state index is 13.0. The van der Waals surface area contributed by atoms with Gasteiger partial charge in [-0.1, -0.05) is 48.1 Å². The van der Waals surface area contributed by atoms with E-state index >= 15 is 0 Å². The summed E-state index contributed by atoms with van der Waals surface area (Å²) in [7, 11) is 4.17. The molecule has 6 nitrogen and oxygen atoms in total. The largest absolute Gasteiger partial charge is 0.347 e. The maximum Gasteiger partial charge on any atom is 0.253 e. The van der Waals surface area contributed by atoms with Gasteiger partial charge in [-0.2, -0.15) is 0 Å². The fourth-order valence-electron chi connectivity index (χ4n) is 4.63. The Bertz CT molecular complexity index is 1310. The van der Waals surface area contributed by atoms with E-state index in [-0.39, 0.29) is 11.8 Å². The van der Waals surface area contributed by atoms with Crippen LogP contribution in [0.2, 0.25) is 5.02 Å². The van der Waals surface area contributed by atoms with Crippen molar-refractivity contribution in [2.75, 3.05) is 40.3 Å². The number of aromatic nitrogens is 1. The quantitative estimate of drug-likeness (QED) is 0.397. The third kappa shape index (κ3) is 5.48. The smallest absolute Gasteiger partial charge is 0.253 e. The molecule has 2 heterocycles. The second kappa shape index (κ2) is 11.1. The van der Waals surface area contributed by atoms with E-state index in [1.165, 1.54) is 16.5 Å². The molecule has 4 rings (SSSR count). The van der Waals surface area contributed by atoms with Crippen LogP contribution in [-0.2, 0) is 22.7 Å². The van der Waals surface area contributed by atoms with Gasteiger partial charge in [-0.15, -0.1) is 0 Å². The molecule has 8 heteroatoms. The summed E-state index contributed by atoms with van der Waals surface area (Å²) in [6.07, 6.45) is 2.24. The number of halogens is 1. The summed E-state index contributed by atoms with van der Waals surface area (Å²) in [5.41, 5.74) is 3.65. The number of hydrogen-bond donors (Lipinski definition) is 0. The molecule has 0 saturated carbocycles. The molecule has 0 atom stereocenters. The van der Waals surface area contributed by atoms with Gasteiger partial charge in [0.2, 0.25) is 5.91 Å². The summed E-state index contributed by atoms with van der Waals surface area (Å²) >= 11 is 8.36. The van der Waals surface area contributed by atoms with Crippen LogP contribution in [-0.4, -0.2) is 71.4 Å². The van der Waals surface area contributed by atoms with Crippen molar-refractivity contribution in [2.24, 2.45) is 0 Å². The first-order valence-corrected chi connectivity index (χ1v) is 13.4. The highest BCUT2D eigenvalue weighted by Gasteiger charge is 2.25. The molecule has 1 aliphatic heterocycles. The zero-order valence-corrected chi connectivity index (χ0v) is 23.0. The molecule has 2 amide bonds. The van der Waals surface area contributed by atoms with Crippen LogP contribution in [0.15, 0.2) is 59.0 Å². The zero-order valence-electron chi connectivity index (χ0n) is 21.4. The number of piperazine rings is 1. The van der Waals surface area contributed by atoms with Crippen molar-refractivity contribution < 1.29 is 9.59 Å². The molecule has 3 aromatic rings. The molecular weight excluding hydrogens is 492 g/mol. The molecule has 0 aliphatic carbocycles. The number of nitrogens with zero attached hydrogens (tertiary/aromatic N) is 4. The van der Waals surface area contributed by atoms with E-state index in [1.54, 1.807) is 28.5 Å². The fraction of sp³-hybridized carbons (Fsp3) is 0.357. The van der Waals surface area contributed by atoms with Crippen LogP contribution in [0, 0.1) is 0 Å². The second-order valence-corrected chi connectivity index (χ2v) is 10.8. The topological polar surface area (TPSA) is 48.8 Å². The summed E-state index contributed by atoms with van der Waals surface area (Å²) in [6.45, 7) is 11.7. The van der Waals surface area contributed by atoms with Crippen molar-refractivity contribution in [3.8, 4) is 0 Å². The SMILES string of the molecule is C=C(C(=O)N1CCN(C(C)=O)CC1)c1ccc(Sc2cccc3c(CN(C)C)cn(CC)c23)c(Cl)c1. The summed E-state index contributed by atoms with van der Waals surface area (Å²) < 4.78 is 2.30. The number of carbonyl (C=O) groups excluding carboxylic acids is 2. The van der Waals surface area contributed by atoms with Gasteiger partial charge in [0, 0.05) is 73.1 Å². The summed E-state index contributed by atoms with van der Waals surface area (Å²) in [5, 5.41) is 1.85. The maximum absolute atomic E-state index is 13.0. The van der Waals surface area contributed by atoms with Gasteiger partial charge in [-0.25, -0.2) is 0 Å². The number of rotatable bonds is 7. The van der Waals surface area contributed by atoms with Gasteiger partial charge in [0.1, 0.15) is 0 Å². The molecule has 1 aliphatic rings. The first kappa shape index (κ1) is 26.3. The van der Waals surface area contributed by atoms with Crippen LogP contribution in [0.4, 0.5) is 0 Å². The average molecular weight is 525 g/mol. The first-order valence-electron chi connectivity index (χ1n) is 12.2. The van der Waals surface area contributed by atoms with Gasteiger partial charge in [-0.05, 0) is 50.3 Å². The minimum atomic E-state index is -0.117. The van der Waals surface area contributed by atoms with E-state index in [4.69, 9.17) is 11.6 Å². The summed E-state index contributed by atoms with van der Waals surface area (Å²) in [4.78, 5) is 32.4. The standard InChI is InChI=1S/C28H33ClN4O2S/c1-6-31-18-22(17-30(4)5)23-8-7-9-26(27(23)31)36-25-11-10-21(16-24(25)29)19(2)28(35)33-14-12-32(13-15-33)20(3)34/h7-11,16,18H,2,6,12-15,17H2,1,3-5H3. The Morgan fingerprint density at radius 1 is 1.06 bits per heavy atom. The van der Waals surface area contributed by atoms with Crippen molar-refractivity contribution in [1.29, 1.82) is 0 Å². The van der Waals surface area contributed by atoms with Crippen LogP contribution in [0.3, 0.4) is 0 Å². The Morgan fingerprint density at radius 3 is 2.36 bits per heavy atom. The van der Waals surface area contributed by atoms with E-state index in [0.717, 1.165) is 22.9 Å². The monoisotopic (exact) mass is 524 g/mol. The highest BCUT2D eigenvalue weighted by atomic mass is 35.5. The Morgan fingerprint density at radius 2 is 1.75 bits per heavy atom. The van der Waals surface area contributed by atoms with Crippen LogP contribution < -0.4 is 0 Å². The summed E-state index contributed by atoms with van der Waals surface area (Å²) in [5.74, 6) is -0.0785. The molecule has 36 heavy (non-hydrogen) atoms. The predicted molar refractivity (Wildman–Crippen MR) is 148 cm³/mol. The van der Waals surface area contributed by atoms with E-state index in [2.05, 4.69) is 61.5 Å². The van der Waals surface area contributed by atoms with Crippen molar-refractivity contribution in [3.63, 3.8) is 0 Å². The lowest BCUT2D eigenvalue weighted by Crippen LogP contribution is -2.50. The van der Waals surface area contributed by atoms with Crippen molar-refractivity contribution in [3.05, 3.63) is 65.3 Å². The minimum Gasteiger partial charge on any atom is -0.347 e. The molecule has 0 N–H and O–H groups in total. The average Bonchev–Trinajstić information content (AvgIpc) is 3.22. The van der Waals surface area contributed by atoms with Crippen molar-refractivity contribution >= 4 is 51.7 Å². The van der Waals surface area contributed by atoms with Crippen LogP contribution >= 0.6 is 23.4 Å². The molecule has 0 spiro atoms.